The van der Waals surface area contributed by atoms with Crippen LogP contribution in [0.15, 0.2) is 22.9 Å². The lowest BCUT2D eigenvalue weighted by atomic mass is 9.78. The smallest absolute Gasteiger partial charge is 0.167 e. The molecule has 0 aromatic carbocycles. The van der Waals surface area contributed by atoms with Crippen molar-refractivity contribution in [1.82, 2.24) is 10.6 Å². The van der Waals surface area contributed by atoms with Gasteiger partial charge in [-0.3, -0.25) is 10.1 Å². The van der Waals surface area contributed by atoms with Crippen LogP contribution in [0, 0.1) is 11.3 Å². The molecule has 2 aliphatic carbocycles. The van der Waals surface area contributed by atoms with Crippen molar-refractivity contribution in [3.05, 3.63) is 22.9 Å². The van der Waals surface area contributed by atoms with Crippen LogP contribution in [0.1, 0.15) is 13.3 Å². The summed E-state index contributed by atoms with van der Waals surface area (Å²) in [6, 6.07) is -0.00248. The maximum atomic E-state index is 12.2. The molecular formula is C13H16N2O3S. The van der Waals surface area contributed by atoms with E-state index in [2.05, 4.69) is 10.6 Å². The van der Waals surface area contributed by atoms with Crippen LogP contribution >= 0.6 is 0 Å². The second-order valence-corrected chi connectivity index (χ2v) is 8.22. The van der Waals surface area contributed by atoms with Gasteiger partial charge in [0.15, 0.2) is 15.6 Å². The Balaban J connectivity index is 1.87. The van der Waals surface area contributed by atoms with Gasteiger partial charge in [0.05, 0.1) is 5.92 Å². The van der Waals surface area contributed by atoms with Gasteiger partial charge < -0.3 is 5.32 Å². The molecule has 2 fully saturated rings. The number of hydrogen-bond acceptors (Lipinski definition) is 5. The molecule has 0 aromatic rings. The maximum absolute atomic E-state index is 12.2. The van der Waals surface area contributed by atoms with E-state index in [0.717, 1.165) is 17.7 Å². The van der Waals surface area contributed by atoms with Crippen molar-refractivity contribution in [2.24, 2.45) is 11.3 Å². The lowest BCUT2D eigenvalue weighted by Gasteiger charge is -2.30. The number of piperidine rings is 1. The van der Waals surface area contributed by atoms with Gasteiger partial charge in [-0.1, -0.05) is 11.6 Å². The van der Waals surface area contributed by atoms with Gasteiger partial charge in [0.2, 0.25) is 0 Å². The molecule has 4 aliphatic rings. The zero-order chi connectivity index (χ0) is 13.6. The Morgan fingerprint density at radius 2 is 2.16 bits per heavy atom. The predicted molar refractivity (Wildman–Crippen MR) is 69.9 cm³/mol. The number of Topliss-reactive ketones (excluding diaryl/α,β-unsaturated/α-hetero) is 1. The van der Waals surface area contributed by atoms with Gasteiger partial charge in [0.25, 0.3) is 0 Å². The summed E-state index contributed by atoms with van der Waals surface area (Å²) in [5.74, 6) is 0.277. The number of sulfone groups is 1. The highest BCUT2D eigenvalue weighted by atomic mass is 32.2. The van der Waals surface area contributed by atoms with Crippen molar-refractivity contribution in [3.63, 3.8) is 0 Å². The quantitative estimate of drug-likeness (QED) is 0.646. The minimum absolute atomic E-state index is 0.00248. The van der Waals surface area contributed by atoms with Gasteiger partial charge in [-0.05, 0) is 18.9 Å². The van der Waals surface area contributed by atoms with Crippen molar-refractivity contribution in [3.8, 4) is 0 Å². The van der Waals surface area contributed by atoms with E-state index in [0.29, 0.717) is 6.54 Å². The van der Waals surface area contributed by atoms with E-state index >= 15 is 0 Å². The van der Waals surface area contributed by atoms with E-state index in [-0.39, 0.29) is 17.7 Å². The molecule has 0 aromatic heterocycles. The van der Waals surface area contributed by atoms with Gasteiger partial charge in [-0.2, -0.15) is 0 Å². The van der Waals surface area contributed by atoms with Gasteiger partial charge in [0, 0.05) is 24.5 Å². The Morgan fingerprint density at radius 1 is 1.42 bits per heavy atom. The summed E-state index contributed by atoms with van der Waals surface area (Å²) in [5, 5.41) is 5.84. The number of fused-ring (bicyclic) bond motifs is 1. The predicted octanol–water partition coefficient (Wildman–Crippen LogP) is -0.278. The molecule has 4 atom stereocenters. The number of hydrogen-bond donors (Lipinski definition) is 2. The van der Waals surface area contributed by atoms with Crippen LogP contribution in [0.5, 0.6) is 0 Å². The molecule has 0 bridgehead atoms. The lowest BCUT2D eigenvalue weighted by Crippen LogP contribution is -2.40. The first-order valence-corrected chi connectivity index (χ1v) is 8.47. The normalized spacial score (nSPS) is 43.4. The molecule has 6 heteroatoms. The molecule has 2 N–H and O–H groups in total. The SMILES string of the molecule is CC1=C2NCC3C(=O)C23C2=CC(S(C)(=O)=O)NC2C1. The number of nitrogens with one attached hydrogen (secondary N) is 2. The maximum Gasteiger partial charge on any atom is 0.167 e. The Labute approximate surface area is 112 Å². The highest BCUT2D eigenvalue weighted by molar-refractivity contribution is 7.91. The molecule has 2 aliphatic heterocycles. The zero-order valence-electron chi connectivity index (χ0n) is 10.9. The van der Waals surface area contributed by atoms with Crippen molar-refractivity contribution < 1.29 is 13.2 Å². The summed E-state index contributed by atoms with van der Waals surface area (Å²) >= 11 is 0. The first-order valence-electron chi connectivity index (χ1n) is 6.52. The molecule has 1 saturated heterocycles. The van der Waals surface area contributed by atoms with E-state index < -0.39 is 20.6 Å². The summed E-state index contributed by atoms with van der Waals surface area (Å²) in [5.41, 5.74) is 2.71. The summed E-state index contributed by atoms with van der Waals surface area (Å²) < 4.78 is 23.5. The third kappa shape index (κ3) is 1.19. The molecule has 2 heterocycles. The second kappa shape index (κ2) is 3.12. The fourth-order valence-electron chi connectivity index (χ4n) is 4.07. The lowest BCUT2D eigenvalue weighted by molar-refractivity contribution is -0.113. The molecule has 5 nitrogen and oxygen atoms in total. The second-order valence-electron chi connectivity index (χ2n) is 6.06. The summed E-state index contributed by atoms with van der Waals surface area (Å²) in [6.45, 7) is 2.73. The van der Waals surface area contributed by atoms with Crippen LogP contribution in [0.3, 0.4) is 0 Å². The van der Waals surface area contributed by atoms with Gasteiger partial charge in [-0.15, -0.1) is 0 Å². The third-order valence-electron chi connectivity index (χ3n) is 4.95. The molecule has 1 spiro atoms. The van der Waals surface area contributed by atoms with Gasteiger partial charge >= 0.3 is 0 Å². The topological polar surface area (TPSA) is 75.3 Å². The molecule has 102 valence electrons. The fourth-order valence-corrected chi connectivity index (χ4v) is 4.88. The van der Waals surface area contributed by atoms with Crippen LogP contribution in [-0.4, -0.2) is 38.4 Å². The van der Waals surface area contributed by atoms with E-state index in [1.54, 1.807) is 6.08 Å². The van der Waals surface area contributed by atoms with Crippen LogP contribution < -0.4 is 10.6 Å². The molecule has 19 heavy (non-hydrogen) atoms. The van der Waals surface area contributed by atoms with Crippen molar-refractivity contribution in [2.75, 3.05) is 12.8 Å². The van der Waals surface area contributed by atoms with Crippen molar-refractivity contribution >= 4 is 15.6 Å². The van der Waals surface area contributed by atoms with E-state index in [1.807, 2.05) is 6.92 Å². The third-order valence-corrected chi connectivity index (χ3v) is 6.14. The van der Waals surface area contributed by atoms with Crippen LogP contribution in [-0.2, 0) is 14.6 Å². The summed E-state index contributed by atoms with van der Waals surface area (Å²) in [4.78, 5) is 12.2. The number of carbonyl (C=O) groups excluding carboxylic acids is 1. The van der Waals surface area contributed by atoms with E-state index in [9.17, 15) is 13.2 Å². The Kier molecular flexibility index (Phi) is 1.92. The number of ketones is 1. The molecule has 0 amide bonds. The Morgan fingerprint density at radius 3 is 2.79 bits per heavy atom. The van der Waals surface area contributed by atoms with Crippen molar-refractivity contribution in [2.45, 2.75) is 24.8 Å². The average Bonchev–Trinajstić information content (AvgIpc) is 2.73. The Hall–Kier alpha value is -1.14. The number of allylic oxidation sites excluding steroid dienone is 1. The largest absolute Gasteiger partial charge is 0.386 e. The van der Waals surface area contributed by atoms with Gasteiger partial charge in [0.1, 0.15) is 10.8 Å². The number of carbonyl (C=O) groups is 1. The van der Waals surface area contributed by atoms with Crippen molar-refractivity contribution in [1.29, 1.82) is 0 Å². The highest BCUT2D eigenvalue weighted by Gasteiger charge is 2.74. The molecule has 4 rings (SSSR count). The van der Waals surface area contributed by atoms with Gasteiger partial charge in [-0.25, -0.2) is 8.42 Å². The van der Waals surface area contributed by atoms with E-state index in [1.165, 1.54) is 11.8 Å². The standard InChI is InChI=1S/C13H16N2O3S/c1-6-3-9-7(4-10(15-9)19(2,17)18)13-8(12(13)16)5-14-11(6)13/h4,8-10,14-15H,3,5H2,1-2H3. The van der Waals surface area contributed by atoms with Crippen LogP contribution in [0.2, 0.25) is 0 Å². The summed E-state index contributed by atoms with van der Waals surface area (Å²) in [7, 11) is -3.17. The molecule has 4 unspecified atom stereocenters. The molecular weight excluding hydrogens is 264 g/mol. The number of rotatable bonds is 1. The fraction of sp³-hybridized carbons (Fsp3) is 0.615. The summed E-state index contributed by atoms with van der Waals surface area (Å²) in [6.07, 6.45) is 3.79. The zero-order valence-corrected chi connectivity index (χ0v) is 11.7. The minimum atomic E-state index is -3.17. The van der Waals surface area contributed by atoms with Crippen LogP contribution in [0.4, 0.5) is 0 Å². The first kappa shape index (κ1) is 11.7. The van der Waals surface area contributed by atoms with Crippen LogP contribution in [0.25, 0.3) is 0 Å². The average molecular weight is 280 g/mol. The first-order chi connectivity index (χ1) is 8.86. The van der Waals surface area contributed by atoms with E-state index in [4.69, 9.17) is 0 Å². The minimum Gasteiger partial charge on any atom is -0.386 e. The molecule has 1 saturated carbocycles. The monoisotopic (exact) mass is 280 g/mol. The highest BCUT2D eigenvalue weighted by Crippen LogP contribution is 2.65. The Bertz CT molecular complexity index is 676. The molecule has 0 radical (unpaired) electrons.